The molecule has 0 radical (unpaired) electrons. The standard InChI is InChI=1S/C13H28N2O/c1-11(16)10-15-7-5-12(6-8-15)9-14-13(2,3)4/h11-12,14,16H,5-10H2,1-4H3. The number of aliphatic hydroxyl groups excluding tert-OH is 1. The highest BCUT2D eigenvalue weighted by molar-refractivity contribution is 4.78. The number of likely N-dealkylation sites (tertiary alicyclic amines) is 1. The first-order valence-corrected chi connectivity index (χ1v) is 6.52. The van der Waals surface area contributed by atoms with Crippen molar-refractivity contribution < 1.29 is 5.11 Å². The molecule has 1 saturated heterocycles. The SMILES string of the molecule is CC(O)CN1CCC(CNC(C)(C)C)CC1. The third-order valence-corrected chi connectivity index (χ3v) is 3.15. The van der Waals surface area contributed by atoms with Crippen LogP contribution in [0.5, 0.6) is 0 Å². The number of nitrogens with one attached hydrogen (secondary N) is 1. The molecule has 3 nitrogen and oxygen atoms in total. The molecule has 96 valence electrons. The van der Waals surface area contributed by atoms with Gasteiger partial charge in [-0.15, -0.1) is 0 Å². The van der Waals surface area contributed by atoms with Gasteiger partial charge in [-0.2, -0.15) is 0 Å². The zero-order chi connectivity index (χ0) is 12.2. The molecule has 1 unspecified atom stereocenters. The normalized spacial score (nSPS) is 22.3. The Morgan fingerprint density at radius 2 is 1.88 bits per heavy atom. The highest BCUT2D eigenvalue weighted by Crippen LogP contribution is 2.17. The molecule has 3 heteroatoms. The highest BCUT2D eigenvalue weighted by Gasteiger charge is 2.21. The van der Waals surface area contributed by atoms with Crippen LogP contribution in [0.15, 0.2) is 0 Å². The summed E-state index contributed by atoms with van der Waals surface area (Å²) in [5.74, 6) is 0.810. The largest absolute Gasteiger partial charge is 0.392 e. The number of aliphatic hydroxyl groups is 1. The molecular weight excluding hydrogens is 200 g/mol. The molecule has 2 N–H and O–H groups in total. The minimum atomic E-state index is -0.191. The monoisotopic (exact) mass is 228 g/mol. The van der Waals surface area contributed by atoms with Crippen molar-refractivity contribution in [1.29, 1.82) is 0 Å². The third-order valence-electron chi connectivity index (χ3n) is 3.15. The Balaban J connectivity index is 2.17. The van der Waals surface area contributed by atoms with Crippen LogP contribution in [0.4, 0.5) is 0 Å². The number of β-amino-alcohol motifs (C(OH)–C–C–N with tert-alkyl or cyclic N) is 1. The molecule has 0 bridgehead atoms. The van der Waals surface area contributed by atoms with E-state index in [4.69, 9.17) is 0 Å². The van der Waals surface area contributed by atoms with Crippen LogP contribution in [-0.4, -0.2) is 47.8 Å². The average molecular weight is 228 g/mol. The maximum Gasteiger partial charge on any atom is 0.0639 e. The van der Waals surface area contributed by atoms with Crippen molar-refractivity contribution in [2.24, 2.45) is 5.92 Å². The summed E-state index contributed by atoms with van der Waals surface area (Å²) in [4.78, 5) is 2.37. The molecule has 1 atom stereocenters. The molecule has 0 spiro atoms. The first kappa shape index (κ1) is 13.9. The summed E-state index contributed by atoms with van der Waals surface area (Å²) in [6, 6.07) is 0. The Morgan fingerprint density at radius 3 is 2.31 bits per heavy atom. The molecule has 1 heterocycles. The molecule has 1 aliphatic heterocycles. The van der Waals surface area contributed by atoms with E-state index in [1.807, 2.05) is 6.92 Å². The summed E-state index contributed by atoms with van der Waals surface area (Å²) in [6.07, 6.45) is 2.33. The number of rotatable bonds is 4. The fourth-order valence-corrected chi connectivity index (χ4v) is 2.20. The average Bonchev–Trinajstić information content (AvgIpc) is 2.14. The molecule has 1 rings (SSSR count). The van der Waals surface area contributed by atoms with E-state index in [1.165, 1.54) is 12.8 Å². The van der Waals surface area contributed by atoms with Crippen molar-refractivity contribution in [2.45, 2.75) is 52.2 Å². The lowest BCUT2D eigenvalue weighted by molar-refractivity contribution is 0.0987. The lowest BCUT2D eigenvalue weighted by Crippen LogP contribution is -2.44. The molecule has 0 aliphatic carbocycles. The van der Waals surface area contributed by atoms with Crippen molar-refractivity contribution in [2.75, 3.05) is 26.2 Å². The van der Waals surface area contributed by atoms with Gasteiger partial charge in [0.1, 0.15) is 0 Å². The van der Waals surface area contributed by atoms with E-state index in [0.717, 1.165) is 32.1 Å². The van der Waals surface area contributed by atoms with Crippen molar-refractivity contribution >= 4 is 0 Å². The maximum atomic E-state index is 9.33. The predicted octanol–water partition coefficient (Wildman–Crippen LogP) is 1.47. The van der Waals surface area contributed by atoms with Gasteiger partial charge in [0, 0.05) is 12.1 Å². The minimum Gasteiger partial charge on any atom is -0.392 e. The summed E-state index contributed by atoms with van der Waals surface area (Å²) < 4.78 is 0. The first-order valence-electron chi connectivity index (χ1n) is 6.52. The lowest BCUT2D eigenvalue weighted by Gasteiger charge is -2.34. The smallest absolute Gasteiger partial charge is 0.0639 e. The van der Waals surface area contributed by atoms with Crippen molar-refractivity contribution in [3.63, 3.8) is 0 Å². The molecule has 0 aromatic rings. The molecule has 0 saturated carbocycles. The lowest BCUT2D eigenvalue weighted by atomic mass is 9.95. The van der Waals surface area contributed by atoms with E-state index in [9.17, 15) is 5.11 Å². The first-order chi connectivity index (χ1) is 7.37. The quantitative estimate of drug-likeness (QED) is 0.765. The van der Waals surface area contributed by atoms with Crippen molar-refractivity contribution in [1.82, 2.24) is 10.2 Å². The van der Waals surface area contributed by atoms with Gasteiger partial charge in [0.05, 0.1) is 6.10 Å². The zero-order valence-electron chi connectivity index (χ0n) is 11.3. The Hall–Kier alpha value is -0.120. The van der Waals surface area contributed by atoms with Crippen LogP contribution in [0.2, 0.25) is 0 Å². The van der Waals surface area contributed by atoms with Crippen molar-refractivity contribution in [3.05, 3.63) is 0 Å². The van der Waals surface area contributed by atoms with Gasteiger partial charge >= 0.3 is 0 Å². The topological polar surface area (TPSA) is 35.5 Å². The molecule has 0 aromatic carbocycles. The highest BCUT2D eigenvalue weighted by atomic mass is 16.3. The summed E-state index contributed by atoms with van der Waals surface area (Å²) >= 11 is 0. The van der Waals surface area contributed by atoms with E-state index >= 15 is 0 Å². The van der Waals surface area contributed by atoms with Crippen LogP contribution >= 0.6 is 0 Å². The van der Waals surface area contributed by atoms with Gasteiger partial charge in [-0.3, -0.25) is 0 Å². The summed E-state index contributed by atoms with van der Waals surface area (Å²) in [5, 5.41) is 12.9. The van der Waals surface area contributed by atoms with Gasteiger partial charge in [0.2, 0.25) is 0 Å². The summed E-state index contributed by atoms with van der Waals surface area (Å²) in [5.41, 5.74) is 0.233. The molecule has 1 aliphatic rings. The van der Waals surface area contributed by atoms with E-state index in [1.54, 1.807) is 0 Å². The van der Waals surface area contributed by atoms with Gasteiger partial charge in [-0.05, 0) is 66.1 Å². The van der Waals surface area contributed by atoms with E-state index in [-0.39, 0.29) is 11.6 Å². The molecule has 0 amide bonds. The van der Waals surface area contributed by atoms with Crippen LogP contribution in [0, 0.1) is 5.92 Å². The Morgan fingerprint density at radius 1 is 1.31 bits per heavy atom. The Labute approximate surface area is 100 Å². The second-order valence-corrected chi connectivity index (χ2v) is 6.22. The van der Waals surface area contributed by atoms with Crippen LogP contribution < -0.4 is 5.32 Å². The number of piperidine rings is 1. The summed E-state index contributed by atoms with van der Waals surface area (Å²) in [7, 11) is 0. The minimum absolute atomic E-state index is 0.191. The molecule has 1 fully saturated rings. The van der Waals surface area contributed by atoms with E-state index < -0.39 is 0 Å². The second-order valence-electron chi connectivity index (χ2n) is 6.22. The molecular formula is C13H28N2O. The maximum absolute atomic E-state index is 9.33. The molecule has 16 heavy (non-hydrogen) atoms. The van der Waals surface area contributed by atoms with Gasteiger partial charge in [-0.1, -0.05) is 0 Å². The number of hydrogen-bond acceptors (Lipinski definition) is 3. The van der Waals surface area contributed by atoms with Gasteiger partial charge in [0.15, 0.2) is 0 Å². The second kappa shape index (κ2) is 5.99. The van der Waals surface area contributed by atoms with Gasteiger partial charge < -0.3 is 15.3 Å². The molecule has 0 aromatic heterocycles. The zero-order valence-corrected chi connectivity index (χ0v) is 11.3. The fourth-order valence-electron chi connectivity index (χ4n) is 2.20. The van der Waals surface area contributed by atoms with Gasteiger partial charge in [-0.25, -0.2) is 0 Å². The van der Waals surface area contributed by atoms with Crippen LogP contribution in [0.3, 0.4) is 0 Å². The number of hydrogen-bond donors (Lipinski definition) is 2. The predicted molar refractivity (Wildman–Crippen MR) is 68.6 cm³/mol. The van der Waals surface area contributed by atoms with Crippen LogP contribution in [-0.2, 0) is 0 Å². The van der Waals surface area contributed by atoms with Crippen LogP contribution in [0.1, 0.15) is 40.5 Å². The number of nitrogens with zero attached hydrogens (tertiary/aromatic N) is 1. The Bertz CT molecular complexity index is 191. The fraction of sp³-hybridized carbons (Fsp3) is 1.00. The van der Waals surface area contributed by atoms with Crippen molar-refractivity contribution in [3.8, 4) is 0 Å². The third kappa shape index (κ3) is 5.83. The Kier molecular flexibility index (Phi) is 5.22. The van der Waals surface area contributed by atoms with E-state index in [2.05, 4.69) is 31.0 Å². The van der Waals surface area contributed by atoms with E-state index in [0.29, 0.717) is 0 Å². The van der Waals surface area contributed by atoms with Crippen LogP contribution in [0.25, 0.3) is 0 Å². The summed E-state index contributed by atoms with van der Waals surface area (Å²) in [6.45, 7) is 12.8. The van der Waals surface area contributed by atoms with Gasteiger partial charge in [0.25, 0.3) is 0 Å².